The van der Waals surface area contributed by atoms with E-state index in [2.05, 4.69) is 10.3 Å². The number of fused-ring (bicyclic) bond motifs is 1. The lowest BCUT2D eigenvalue weighted by atomic mass is 10.1. The highest BCUT2D eigenvalue weighted by molar-refractivity contribution is 7.19. The van der Waals surface area contributed by atoms with Crippen molar-refractivity contribution in [2.75, 3.05) is 19.0 Å². The fraction of sp³-hybridized carbons (Fsp3) is 0.200. The zero-order valence-electron chi connectivity index (χ0n) is 16.0. The zero-order chi connectivity index (χ0) is 21.0. The summed E-state index contributed by atoms with van der Waals surface area (Å²) < 4.78 is 10.7. The summed E-state index contributed by atoms with van der Waals surface area (Å²) in [6.45, 7) is 3.15. The molecule has 0 spiro atoms. The van der Waals surface area contributed by atoms with Crippen LogP contribution in [-0.2, 0) is 19.1 Å². The first kappa shape index (κ1) is 20.7. The Morgan fingerprint density at radius 1 is 1.17 bits per heavy atom. The van der Waals surface area contributed by atoms with Crippen LogP contribution in [0.5, 0.6) is 0 Å². The molecule has 0 aliphatic rings. The summed E-state index contributed by atoms with van der Waals surface area (Å²) in [5.41, 5.74) is 1.91. The Balaban J connectivity index is 1.57. The lowest BCUT2D eigenvalue weighted by molar-refractivity contribution is -0.142. The van der Waals surface area contributed by atoms with Gasteiger partial charge in [-0.2, -0.15) is 0 Å². The van der Waals surface area contributed by atoms with Crippen molar-refractivity contribution in [2.24, 2.45) is 0 Å². The quantitative estimate of drug-likeness (QED) is 0.470. The first-order valence-electron chi connectivity index (χ1n) is 8.57. The monoisotopic (exact) mass is 430 g/mol. The smallest absolute Gasteiger partial charge is 0.341 e. The number of aryl methyl sites for hydroxylation is 1. The van der Waals surface area contributed by atoms with Gasteiger partial charge in [0.1, 0.15) is 10.0 Å². The van der Waals surface area contributed by atoms with Gasteiger partial charge in [0.2, 0.25) is 0 Å². The number of thiazole rings is 1. The molecule has 150 valence electrons. The third kappa shape index (κ3) is 4.87. The summed E-state index contributed by atoms with van der Waals surface area (Å²) in [6, 6.07) is 7.65. The molecule has 7 nitrogen and oxygen atoms in total. The molecule has 2 aromatic heterocycles. The van der Waals surface area contributed by atoms with Gasteiger partial charge in [-0.15, -0.1) is 22.7 Å². The van der Waals surface area contributed by atoms with Crippen LogP contribution in [0.15, 0.2) is 30.3 Å². The average Bonchev–Trinajstić information content (AvgIpc) is 3.24. The number of methoxy groups -OCH3 is 1. The van der Waals surface area contributed by atoms with Crippen molar-refractivity contribution in [3.8, 4) is 0 Å². The van der Waals surface area contributed by atoms with E-state index in [1.54, 1.807) is 13.0 Å². The Morgan fingerprint density at radius 2 is 1.93 bits per heavy atom. The van der Waals surface area contributed by atoms with Gasteiger partial charge in [-0.05, 0) is 37.6 Å². The molecular weight excluding hydrogens is 412 g/mol. The molecule has 0 aliphatic heterocycles. The average molecular weight is 431 g/mol. The number of benzene rings is 1. The molecule has 0 saturated heterocycles. The Morgan fingerprint density at radius 3 is 2.66 bits per heavy atom. The van der Waals surface area contributed by atoms with Gasteiger partial charge >= 0.3 is 11.9 Å². The number of para-hydroxylation sites is 1. The van der Waals surface area contributed by atoms with Crippen LogP contribution in [0.1, 0.15) is 25.8 Å². The number of esters is 2. The predicted octanol–water partition coefficient (Wildman–Crippen LogP) is 3.96. The maximum atomic E-state index is 12.1. The second kappa shape index (κ2) is 8.97. The standard InChI is InChI=1S/C20H18N2O5S2/c1-11-12(2)28-19(18(11)20(25)26-3)22-15(23)10-27-17(24)9-8-16-21-13-6-4-5-7-14(13)29-16/h4-9H,10H2,1-3H3,(H,22,23). The van der Waals surface area contributed by atoms with Crippen molar-refractivity contribution in [1.29, 1.82) is 0 Å². The molecule has 0 radical (unpaired) electrons. The normalized spacial score (nSPS) is 11.0. The van der Waals surface area contributed by atoms with E-state index in [1.807, 2.05) is 31.2 Å². The Kier molecular flexibility index (Phi) is 6.40. The third-order valence-corrected chi connectivity index (χ3v) is 6.17. The maximum absolute atomic E-state index is 12.1. The fourth-order valence-electron chi connectivity index (χ4n) is 2.51. The van der Waals surface area contributed by atoms with Gasteiger partial charge in [-0.3, -0.25) is 4.79 Å². The van der Waals surface area contributed by atoms with Gasteiger partial charge in [0, 0.05) is 11.0 Å². The summed E-state index contributed by atoms with van der Waals surface area (Å²) in [4.78, 5) is 41.2. The molecule has 0 saturated carbocycles. The highest BCUT2D eigenvalue weighted by atomic mass is 32.1. The van der Waals surface area contributed by atoms with E-state index in [9.17, 15) is 14.4 Å². The molecule has 0 aliphatic carbocycles. The number of aromatic nitrogens is 1. The van der Waals surface area contributed by atoms with E-state index in [4.69, 9.17) is 9.47 Å². The number of carbonyl (C=O) groups is 3. The minimum atomic E-state index is -0.661. The summed E-state index contributed by atoms with van der Waals surface area (Å²) >= 11 is 2.71. The van der Waals surface area contributed by atoms with Gasteiger partial charge < -0.3 is 14.8 Å². The van der Waals surface area contributed by atoms with E-state index < -0.39 is 24.5 Å². The second-order valence-corrected chi connectivity index (χ2v) is 8.27. The van der Waals surface area contributed by atoms with Crippen LogP contribution in [0, 0.1) is 13.8 Å². The van der Waals surface area contributed by atoms with Gasteiger partial charge in [-0.25, -0.2) is 14.6 Å². The van der Waals surface area contributed by atoms with Gasteiger partial charge in [-0.1, -0.05) is 12.1 Å². The largest absolute Gasteiger partial charge is 0.465 e. The van der Waals surface area contributed by atoms with E-state index in [0.717, 1.165) is 20.7 Å². The molecule has 9 heteroatoms. The molecular formula is C20H18N2O5S2. The van der Waals surface area contributed by atoms with E-state index >= 15 is 0 Å². The molecule has 3 rings (SSSR count). The van der Waals surface area contributed by atoms with Gasteiger partial charge in [0.15, 0.2) is 6.61 Å². The predicted molar refractivity (Wildman–Crippen MR) is 113 cm³/mol. The van der Waals surface area contributed by atoms with E-state index in [0.29, 0.717) is 15.6 Å². The minimum Gasteiger partial charge on any atom is -0.465 e. The maximum Gasteiger partial charge on any atom is 0.341 e. The summed E-state index contributed by atoms with van der Waals surface area (Å²) in [6.07, 6.45) is 2.77. The SMILES string of the molecule is COC(=O)c1c(NC(=O)COC(=O)C=Cc2nc3ccccc3s2)sc(C)c1C. The first-order valence-corrected chi connectivity index (χ1v) is 10.2. The van der Waals surface area contributed by atoms with E-state index in [1.165, 1.54) is 35.9 Å². The van der Waals surface area contributed by atoms with Gasteiger partial charge in [0.05, 0.1) is 22.9 Å². The lowest BCUT2D eigenvalue weighted by Gasteiger charge is -2.06. The Bertz CT molecular complexity index is 1080. The molecule has 29 heavy (non-hydrogen) atoms. The molecule has 1 aromatic carbocycles. The molecule has 0 unspecified atom stereocenters. The highest BCUT2D eigenvalue weighted by Crippen LogP contribution is 2.32. The second-order valence-electron chi connectivity index (χ2n) is 5.99. The van der Waals surface area contributed by atoms with Crippen molar-refractivity contribution < 1.29 is 23.9 Å². The first-order chi connectivity index (χ1) is 13.9. The number of thiophene rings is 1. The number of rotatable bonds is 6. The fourth-order valence-corrected chi connectivity index (χ4v) is 4.45. The van der Waals surface area contributed by atoms with Crippen LogP contribution in [-0.4, -0.2) is 36.5 Å². The Labute approximate surface area is 175 Å². The van der Waals surface area contributed by atoms with Crippen molar-refractivity contribution in [3.05, 3.63) is 51.4 Å². The molecule has 0 bridgehead atoms. The lowest BCUT2D eigenvalue weighted by Crippen LogP contribution is -2.21. The van der Waals surface area contributed by atoms with Crippen LogP contribution in [0.3, 0.4) is 0 Å². The van der Waals surface area contributed by atoms with E-state index in [-0.39, 0.29) is 0 Å². The third-order valence-electron chi connectivity index (χ3n) is 4.05. The molecule has 1 amide bonds. The number of nitrogens with zero attached hydrogens (tertiary/aromatic N) is 1. The molecule has 3 aromatic rings. The van der Waals surface area contributed by atoms with Crippen molar-refractivity contribution >= 4 is 61.8 Å². The zero-order valence-corrected chi connectivity index (χ0v) is 17.6. The molecule has 1 N–H and O–H groups in total. The summed E-state index contributed by atoms with van der Waals surface area (Å²) in [7, 11) is 1.28. The number of hydrogen-bond donors (Lipinski definition) is 1. The molecule has 0 fully saturated rings. The van der Waals surface area contributed by atoms with Crippen LogP contribution in [0.4, 0.5) is 5.00 Å². The number of nitrogens with one attached hydrogen (secondary N) is 1. The van der Waals surface area contributed by atoms with Crippen LogP contribution >= 0.6 is 22.7 Å². The number of hydrogen-bond acceptors (Lipinski definition) is 8. The molecule has 0 atom stereocenters. The Hall–Kier alpha value is -3.04. The van der Waals surface area contributed by atoms with Gasteiger partial charge in [0.25, 0.3) is 5.91 Å². The number of amides is 1. The van der Waals surface area contributed by atoms with Crippen molar-refractivity contribution in [1.82, 2.24) is 4.98 Å². The van der Waals surface area contributed by atoms with Crippen molar-refractivity contribution in [2.45, 2.75) is 13.8 Å². The number of anilines is 1. The van der Waals surface area contributed by atoms with Crippen LogP contribution in [0.2, 0.25) is 0 Å². The molecule has 2 heterocycles. The minimum absolute atomic E-state index is 0.311. The van der Waals surface area contributed by atoms with Crippen LogP contribution < -0.4 is 5.32 Å². The topological polar surface area (TPSA) is 94.6 Å². The summed E-state index contributed by atoms with van der Waals surface area (Å²) in [5, 5.41) is 3.64. The number of ether oxygens (including phenoxy) is 2. The van der Waals surface area contributed by atoms with Crippen LogP contribution in [0.25, 0.3) is 16.3 Å². The number of carbonyl (C=O) groups excluding carboxylic acids is 3. The summed E-state index contributed by atoms with van der Waals surface area (Å²) in [5.74, 6) is -1.73. The highest BCUT2D eigenvalue weighted by Gasteiger charge is 2.21. The van der Waals surface area contributed by atoms with Crippen molar-refractivity contribution in [3.63, 3.8) is 0 Å².